The van der Waals surface area contributed by atoms with Crippen LogP contribution in [0.1, 0.15) is 48.7 Å². The van der Waals surface area contributed by atoms with E-state index in [4.69, 9.17) is 17.0 Å². The minimum Gasteiger partial charge on any atom is -0.376 e. The van der Waals surface area contributed by atoms with Crippen LogP contribution in [0.25, 0.3) is 6.08 Å². The van der Waals surface area contributed by atoms with E-state index < -0.39 is 0 Å². The molecule has 24 heavy (non-hydrogen) atoms. The van der Waals surface area contributed by atoms with Gasteiger partial charge in [0.25, 0.3) is 5.91 Å². The van der Waals surface area contributed by atoms with Crippen molar-refractivity contribution < 1.29 is 9.53 Å². The number of hydrogen-bond donors (Lipinski definition) is 0. The maximum atomic E-state index is 12.7. The molecule has 2 aliphatic heterocycles. The Balaban J connectivity index is 1.56. The van der Waals surface area contributed by atoms with Crippen LogP contribution in [0.2, 0.25) is 0 Å². The summed E-state index contributed by atoms with van der Waals surface area (Å²) in [5.74, 6) is 0.0247. The lowest BCUT2D eigenvalue weighted by Crippen LogP contribution is -2.35. The van der Waals surface area contributed by atoms with Crippen molar-refractivity contribution in [1.29, 1.82) is 0 Å². The van der Waals surface area contributed by atoms with Gasteiger partial charge in [-0.3, -0.25) is 9.69 Å². The fourth-order valence-corrected chi connectivity index (χ4v) is 4.90. The van der Waals surface area contributed by atoms with Crippen LogP contribution < -0.4 is 0 Å². The number of rotatable bonds is 4. The van der Waals surface area contributed by atoms with Gasteiger partial charge < -0.3 is 9.30 Å². The van der Waals surface area contributed by atoms with Crippen molar-refractivity contribution in [3.8, 4) is 0 Å². The van der Waals surface area contributed by atoms with Crippen molar-refractivity contribution in [3.63, 3.8) is 0 Å². The Labute approximate surface area is 152 Å². The van der Waals surface area contributed by atoms with E-state index in [2.05, 4.69) is 24.5 Å². The van der Waals surface area contributed by atoms with E-state index in [0.29, 0.717) is 16.9 Å². The molecule has 3 fully saturated rings. The molecule has 1 aliphatic carbocycles. The number of carbonyl (C=O) groups excluding carboxylic acids is 1. The number of aromatic nitrogens is 1. The molecule has 3 aliphatic rings. The molecule has 0 aromatic carbocycles. The number of aryl methyl sites for hydroxylation is 1. The van der Waals surface area contributed by atoms with Gasteiger partial charge in [0, 0.05) is 24.0 Å². The molecule has 1 aromatic rings. The summed E-state index contributed by atoms with van der Waals surface area (Å²) in [5.41, 5.74) is 3.66. The molecule has 1 amide bonds. The Morgan fingerprint density at radius 3 is 2.83 bits per heavy atom. The summed E-state index contributed by atoms with van der Waals surface area (Å²) in [6.45, 7) is 5.67. The van der Waals surface area contributed by atoms with E-state index in [1.54, 1.807) is 4.90 Å². The Morgan fingerprint density at radius 2 is 2.17 bits per heavy atom. The first kappa shape index (κ1) is 16.4. The molecule has 3 heterocycles. The number of thioether (sulfide) groups is 1. The van der Waals surface area contributed by atoms with E-state index in [1.807, 2.05) is 6.08 Å². The molecule has 2 saturated heterocycles. The zero-order chi connectivity index (χ0) is 16.8. The third-order valence-electron chi connectivity index (χ3n) is 5.01. The largest absolute Gasteiger partial charge is 0.376 e. The maximum Gasteiger partial charge on any atom is 0.266 e. The third-order valence-corrected chi connectivity index (χ3v) is 6.38. The molecule has 0 N–H and O–H groups in total. The maximum absolute atomic E-state index is 12.7. The van der Waals surface area contributed by atoms with Crippen LogP contribution in [-0.2, 0) is 9.53 Å². The Bertz CT molecular complexity index is 728. The summed E-state index contributed by atoms with van der Waals surface area (Å²) in [6.07, 6.45) is 6.75. The van der Waals surface area contributed by atoms with Gasteiger partial charge in [-0.25, -0.2) is 0 Å². The Hall–Kier alpha value is -1.11. The highest BCUT2D eigenvalue weighted by Gasteiger charge is 2.35. The molecule has 4 rings (SSSR count). The molecule has 1 atom stereocenters. The van der Waals surface area contributed by atoms with E-state index in [1.165, 1.54) is 36.0 Å². The number of thiocarbonyl (C=S) groups is 1. The zero-order valence-electron chi connectivity index (χ0n) is 14.1. The van der Waals surface area contributed by atoms with Gasteiger partial charge in [0.2, 0.25) is 0 Å². The predicted octanol–water partition coefficient (Wildman–Crippen LogP) is 3.82. The molecule has 0 spiro atoms. The molecule has 1 aromatic heterocycles. The molecule has 6 heteroatoms. The Kier molecular flexibility index (Phi) is 4.31. The summed E-state index contributed by atoms with van der Waals surface area (Å²) < 4.78 is 8.70. The number of nitrogens with zero attached hydrogens (tertiary/aromatic N) is 2. The fourth-order valence-electron chi connectivity index (χ4n) is 3.63. The fraction of sp³-hybridized carbons (Fsp3) is 0.556. The van der Waals surface area contributed by atoms with Crippen molar-refractivity contribution in [2.75, 3.05) is 13.2 Å². The number of ether oxygens (including phenoxy) is 1. The topological polar surface area (TPSA) is 34.5 Å². The second-order valence-electron chi connectivity index (χ2n) is 6.85. The summed E-state index contributed by atoms with van der Waals surface area (Å²) in [7, 11) is 0. The summed E-state index contributed by atoms with van der Waals surface area (Å²) >= 11 is 6.84. The lowest BCUT2D eigenvalue weighted by Gasteiger charge is -2.18. The third kappa shape index (κ3) is 2.95. The second kappa shape index (κ2) is 6.32. The van der Waals surface area contributed by atoms with E-state index in [0.717, 1.165) is 29.9 Å². The van der Waals surface area contributed by atoms with Crippen LogP contribution in [0.15, 0.2) is 11.0 Å². The van der Waals surface area contributed by atoms with Gasteiger partial charge in [0.05, 0.1) is 17.6 Å². The lowest BCUT2D eigenvalue weighted by molar-refractivity contribution is -0.123. The van der Waals surface area contributed by atoms with E-state index in [-0.39, 0.29) is 12.0 Å². The normalized spacial score (nSPS) is 26.2. The summed E-state index contributed by atoms with van der Waals surface area (Å²) in [5, 5.41) is 0. The molecular formula is C18H22N2O2S2. The highest BCUT2D eigenvalue weighted by Crippen LogP contribution is 2.40. The standard InChI is InChI=1S/C18H22N2O2S2/c1-11-8-13(12(2)20(11)14-5-6-14)9-16-17(21)19(18(23)24-16)10-15-4-3-7-22-15/h8-9,14-15H,3-7,10H2,1-2H3/b16-9-. The van der Waals surface area contributed by atoms with Crippen LogP contribution in [0.4, 0.5) is 0 Å². The molecule has 128 valence electrons. The van der Waals surface area contributed by atoms with E-state index in [9.17, 15) is 4.79 Å². The molecular weight excluding hydrogens is 340 g/mol. The van der Waals surface area contributed by atoms with Crippen LogP contribution in [-0.4, -0.2) is 39.0 Å². The first-order chi connectivity index (χ1) is 11.5. The van der Waals surface area contributed by atoms with Gasteiger partial charge in [-0.05, 0) is 57.2 Å². The molecule has 0 bridgehead atoms. The van der Waals surface area contributed by atoms with Crippen molar-refractivity contribution >= 4 is 40.3 Å². The summed E-state index contributed by atoms with van der Waals surface area (Å²) in [4.78, 5) is 15.2. The van der Waals surface area contributed by atoms with Gasteiger partial charge in [-0.1, -0.05) is 24.0 Å². The average molecular weight is 363 g/mol. The van der Waals surface area contributed by atoms with Crippen molar-refractivity contribution in [3.05, 3.63) is 27.9 Å². The van der Waals surface area contributed by atoms with Crippen molar-refractivity contribution in [2.45, 2.75) is 51.7 Å². The second-order valence-corrected chi connectivity index (χ2v) is 8.53. The van der Waals surface area contributed by atoms with Crippen LogP contribution in [0.5, 0.6) is 0 Å². The van der Waals surface area contributed by atoms with Gasteiger partial charge in [0.15, 0.2) is 0 Å². The van der Waals surface area contributed by atoms with Crippen LogP contribution in [0, 0.1) is 13.8 Å². The first-order valence-electron chi connectivity index (χ1n) is 8.60. The number of carbonyl (C=O) groups is 1. The number of amides is 1. The first-order valence-corrected chi connectivity index (χ1v) is 9.82. The SMILES string of the molecule is Cc1cc(/C=C2\SC(=S)N(CC3CCCO3)C2=O)c(C)n1C1CC1. The number of hydrogen-bond acceptors (Lipinski definition) is 4. The zero-order valence-corrected chi connectivity index (χ0v) is 15.7. The van der Waals surface area contributed by atoms with Gasteiger partial charge in [0.1, 0.15) is 4.32 Å². The van der Waals surface area contributed by atoms with E-state index >= 15 is 0 Å². The monoisotopic (exact) mass is 362 g/mol. The molecule has 4 nitrogen and oxygen atoms in total. The lowest BCUT2D eigenvalue weighted by atomic mass is 10.2. The van der Waals surface area contributed by atoms with Crippen LogP contribution in [0.3, 0.4) is 0 Å². The highest BCUT2D eigenvalue weighted by molar-refractivity contribution is 8.26. The van der Waals surface area contributed by atoms with Crippen molar-refractivity contribution in [2.24, 2.45) is 0 Å². The quantitative estimate of drug-likeness (QED) is 0.602. The minimum atomic E-state index is 0.0247. The van der Waals surface area contributed by atoms with Gasteiger partial charge in [-0.15, -0.1) is 0 Å². The molecule has 0 radical (unpaired) electrons. The average Bonchev–Trinajstić information content (AvgIpc) is 3.06. The van der Waals surface area contributed by atoms with Crippen LogP contribution >= 0.6 is 24.0 Å². The van der Waals surface area contributed by atoms with Gasteiger partial charge in [-0.2, -0.15) is 0 Å². The molecule has 1 saturated carbocycles. The predicted molar refractivity (Wildman–Crippen MR) is 101 cm³/mol. The highest BCUT2D eigenvalue weighted by atomic mass is 32.2. The molecule has 1 unspecified atom stereocenters. The van der Waals surface area contributed by atoms with Gasteiger partial charge >= 0.3 is 0 Å². The summed E-state index contributed by atoms with van der Waals surface area (Å²) in [6, 6.07) is 2.83. The smallest absolute Gasteiger partial charge is 0.266 e. The Morgan fingerprint density at radius 1 is 1.38 bits per heavy atom. The minimum absolute atomic E-state index is 0.0247. The van der Waals surface area contributed by atoms with Crippen molar-refractivity contribution in [1.82, 2.24) is 9.47 Å².